The van der Waals surface area contributed by atoms with Gasteiger partial charge in [-0.3, -0.25) is 0 Å². The van der Waals surface area contributed by atoms with Gasteiger partial charge in [0.25, 0.3) is 0 Å². The summed E-state index contributed by atoms with van der Waals surface area (Å²) in [4.78, 5) is 3.10. The van der Waals surface area contributed by atoms with Crippen LogP contribution in [0.1, 0.15) is 19.0 Å². The van der Waals surface area contributed by atoms with Crippen LogP contribution in [0.25, 0.3) is 0 Å². The largest absolute Gasteiger partial charge is 0.364 e. The number of aromatic nitrogens is 1. The second kappa shape index (κ2) is 5.39. The highest BCUT2D eigenvalue weighted by Gasteiger charge is 2.02. The quantitative estimate of drug-likeness (QED) is 0.718. The standard InChI is InChI=1S/C10H15N3/c1-2-9(6-11)7-12-8-10-4-3-5-13-10/h3-5,9,12-13H,2,7-8H2,1H3. The molecule has 1 atom stereocenters. The molecule has 0 fully saturated rings. The molecule has 2 N–H and O–H groups in total. The third-order valence-electron chi connectivity index (χ3n) is 2.04. The van der Waals surface area contributed by atoms with E-state index in [-0.39, 0.29) is 5.92 Å². The highest BCUT2D eigenvalue weighted by molar-refractivity contribution is 5.03. The van der Waals surface area contributed by atoms with Crippen LogP contribution in [0.3, 0.4) is 0 Å². The van der Waals surface area contributed by atoms with Crippen LogP contribution >= 0.6 is 0 Å². The molecule has 0 aliphatic rings. The molecule has 1 heterocycles. The summed E-state index contributed by atoms with van der Waals surface area (Å²) >= 11 is 0. The van der Waals surface area contributed by atoms with Crippen molar-refractivity contribution in [3.05, 3.63) is 24.0 Å². The van der Waals surface area contributed by atoms with Crippen LogP contribution in [0.2, 0.25) is 0 Å². The molecule has 1 aromatic rings. The van der Waals surface area contributed by atoms with E-state index in [1.54, 1.807) is 0 Å². The zero-order chi connectivity index (χ0) is 9.52. The Morgan fingerprint density at radius 1 is 1.69 bits per heavy atom. The summed E-state index contributed by atoms with van der Waals surface area (Å²) in [6.45, 7) is 3.61. The van der Waals surface area contributed by atoms with Crippen molar-refractivity contribution in [2.24, 2.45) is 5.92 Å². The molecule has 0 aromatic carbocycles. The number of nitriles is 1. The Bertz CT molecular complexity index is 258. The molecule has 3 heteroatoms. The lowest BCUT2D eigenvalue weighted by molar-refractivity contribution is 0.550. The lowest BCUT2D eigenvalue weighted by Gasteiger charge is -2.06. The molecule has 0 saturated carbocycles. The van der Waals surface area contributed by atoms with Crippen LogP contribution in [0.4, 0.5) is 0 Å². The molecule has 0 aliphatic carbocycles. The van der Waals surface area contributed by atoms with Crippen LogP contribution in [0, 0.1) is 17.2 Å². The van der Waals surface area contributed by atoms with Gasteiger partial charge in [0.05, 0.1) is 12.0 Å². The van der Waals surface area contributed by atoms with E-state index in [2.05, 4.69) is 16.4 Å². The molecule has 0 bridgehead atoms. The second-order valence-electron chi connectivity index (χ2n) is 3.06. The number of H-pyrrole nitrogens is 1. The van der Waals surface area contributed by atoms with Crippen molar-refractivity contribution in [2.45, 2.75) is 19.9 Å². The molecule has 1 unspecified atom stereocenters. The molecule has 1 rings (SSSR count). The number of rotatable bonds is 5. The molecule has 0 spiro atoms. The van der Waals surface area contributed by atoms with Gasteiger partial charge in [-0.05, 0) is 18.6 Å². The SMILES string of the molecule is CCC(C#N)CNCc1ccc[nH]1. The third kappa shape index (κ3) is 3.30. The zero-order valence-electron chi connectivity index (χ0n) is 7.88. The van der Waals surface area contributed by atoms with Crippen LogP contribution in [0.15, 0.2) is 18.3 Å². The average molecular weight is 177 g/mol. The monoisotopic (exact) mass is 177 g/mol. The molecule has 13 heavy (non-hydrogen) atoms. The fourth-order valence-electron chi connectivity index (χ4n) is 1.14. The number of hydrogen-bond donors (Lipinski definition) is 2. The molecule has 0 amide bonds. The minimum atomic E-state index is 0.134. The topological polar surface area (TPSA) is 51.6 Å². The molecule has 0 radical (unpaired) electrons. The minimum absolute atomic E-state index is 0.134. The van der Waals surface area contributed by atoms with E-state index >= 15 is 0 Å². The normalized spacial score (nSPS) is 12.3. The Morgan fingerprint density at radius 3 is 3.08 bits per heavy atom. The fourth-order valence-corrected chi connectivity index (χ4v) is 1.14. The van der Waals surface area contributed by atoms with Crippen molar-refractivity contribution in [1.29, 1.82) is 5.26 Å². The fraction of sp³-hybridized carbons (Fsp3) is 0.500. The van der Waals surface area contributed by atoms with Gasteiger partial charge >= 0.3 is 0 Å². The molecule has 0 aliphatic heterocycles. The molecule has 70 valence electrons. The maximum atomic E-state index is 8.69. The summed E-state index contributed by atoms with van der Waals surface area (Å²) in [5.74, 6) is 0.134. The van der Waals surface area contributed by atoms with Crippen LogP contribution < -0.4 is 5.32 Å². The predicted molar refractivity (Wildman–Crippen MR) is 51.9 cm³/mol. The van der Waals surface area contributed by atoms with Gasteiger partial charge in [-0.2, -0.15) is 5.26 Å². The Labute approximate surface area is 78.8 Å². The van der Waals surface area contributed by atoms with Crippen LogP contribution in [0.5, 0.6) is 0 Å². The predicted octanol–water partition coefficient (Wildman–Crippen LogP) is 1.65. The van der Waals surface area contributed by atoms with Crippen molar-refractivity contribution in [3.63, 3.8) is 0 Å². The number of aromatic amines is 1. The number of hydrogen-bond acceptors (Lipinski definition) is 2. The van der Waals surface area contributed by atoms with Crippen LogP contribution in [-0.2, 0) is 6.54 Å². The summed E-state index contributed by atoms with van der Waals surface area (Å²) in [7, 11) is 0. The van der Waals surface area contributed by atoms with E-state index in [1.807, 2.05) is 25.3 Å². The van der Waals surface area contributed by atoms with Gasteiger partial charge < -0.3 is 10.3 Å². The summed E-state index contributed by atoms with van der Waals surface area (Å²) in [6.07, 6.45) is 2.81. The number of nitrogens with one attached hydrogen (secondary N) is 2. The Balaban J connectivity index is 2.18. The first-order valence-corrected chi connectivity index (χ1v) is 4.59. The van der Waals surface area contributed by atoms with Gasteiger partial charge in [-0.25, -0.2) is 0 Å². The lowest BCUT2D eigenvalue weighted by atomic mass is 10.1. The van der Waals surface area contributed by atoms with E-state index in [0.717, 1.165) is 25.2 Å². The maximum Gasteiger partial charge on any atom is 0.0669 e. The van der Waals surface area contributed by atoms with Gasteiger partial charge in [0, 0.05) is 25.0 Å². The molecule has 1 aromatic heterocycles. The van der Waals surface area contributed by atoms with Crippen molar-refractivity contribution in [2.75, 3.05) is 6.54 Å². The highest BCUT2D eigenvalue weighted by atomic mass is 14.9. The Hall–Kier alpha value is -1.27. The number of nitrogens with zero attached hydrogens (tertiary/aromatic N) is 1. The van der Waals surface area contributed by atoms with Crippen molar-refractivity contribution in [1.82, 2.24) is 10.3 Å². The minimum Gasteiger partial charge on any atom is -0.364 e. The summed E-state index contributed by atoms with van der Waals surface area (Å²) < 4.78 is 0. The van der Waals surface area contributed by atoms with E-state index in [0.29, 0.717) is 0 Å². The first kappa shape index (κ1) is 9.82. The van der Waals surface area contributed by atoms with E-state index < -0.39 is 0 Å². The van der Waals surface area contributed by atoms with E-state index in [9.17, 15) is 0 Å². The summed E-state index contributed by atoms with van der Waals surface area (Å²) in [5.41, 5.74) is 1.16. The van der Waals surface area contributed by atoms with Gasteiger partial charge in [-0.1, -0.05) is 6.92 Å². The van der Waals surface area contributed by atoms with E-state index in [1.165, 1.54) is 0 Å². The summed E-state index contributed by atoms with van der Waals surface area (Å²) in [5, 5.41) is 11.9. The van der Waals surface area contributed by atoms with Gasteiger partial charge in [0.2, 0.25) is 0 Å². The summed E-state index contributed by atoms with van der Waals surface area (Å²) in [6, 6.07) is 6.26. The van der Waals surface area contributed by atoms with E-state index in [4.69, 9.17) is 5.26 Å². The van der Waals surface area contributed by atoms with Crippen molar-refractivity contribution < 1.29 is 0 Å². The molecule has 0 saturated heterocycles. The first-order chi connectivity index (χ1) is 6.36. The van der Waals surface area contributed by atoms with Crippen LogP contribution in [-0.4, -0.2) is 11.5 Å². The average Bonchev–Trinajstić information content (AvgIpc) is 2.65. The van der Waals surface area contributed by atoms with Gasteiger partial charge in [0.1, 0.15) is 0 Å². The highest BCUT2D eigenvalue weighted by Crippen LogP contribution is 1.99. The Morgan fingerprint density at radius 2 is 2.54 bits per heavy atom. The van der Waals surface area contributed by atoms with Gasteiger partial charge in [-0.15, -0.1) is 0 Å². The lowest BCUT2D eigenvalue weighted by Crippen LogP contribution is -2.21. The molecular formula is C10H15N3. The first-order valence-electron chi connectivity index (χ1n) is 4.59. The molecular weight excluding hydrogens is 162 g/mol. The van der Waals surface area contributed by atoms with Crippen molar-refractivity contribution >= 4 is 0 Å². The van der Waals surface area contributed by atoms with Crippen molar-refractivity contribution in [3.8, 4) is 6.07 Å². The molecule has 3 nitrogen and oxygen atoms in total. The maximum absolute atomic E-state index is 8.69. The smallest absolute Gasteiger partial charge is 0.0669 e. The zero-order valence-corrected chi connectivity index (χ0v) is 7.88. The second-order valence-corrected chi connectivity index (χ2v) is 3.06. The van der Waals surface area contributed by atoms with Gasteiger partial charge in [0.15, 0.2) is 0 Å². The third-order valence-corrected chi connectivity index (χ3v) is 2.04. The Kier molecular flexibility index (Phi) is 4.07.